The minimum atomic E-state index is -0.642. The lowest BCUT2D eigenvalue weighted by molar-refractivity contribution is -0.385. The van der Waals surface area contributed by atoms with E-state index in [1.807, 2.05) is 0 Å². The molecule has 0 aliphatic carbocycles. The molecule has 0 saturated carbocycles. The van der Waals surface area contributed by atoms with E-state index >= 15 is 0 Å². The number of nitrogens with zero attached hydrogens (tertiary/aromatic N) is 1. The lowest BCUT2D eigenvalue weighted by Crippen LogP contribution is -2.14. The van der Waals surface area contributed by atoms with Crippen LogP contribution >= 0.6 is 11.6 Å². The SMILES string of the molecule is O=C1Cc2cc(NC(=O)c3cc(Cl)ccc3[N+](=O)[O-])ccc2N1. The molecule has 1 heterocycles. The van der Waals surface area contributed by atoms with Gasteiger partial charge in [0.05, 0.1) is 11.3 Å². The molecule has 8 heteroatoms. The number of nitrogens with one attached hydrogen (secondary N) is 2. The zero-order chi connectivity index (χ0) is 16.6. The number of carbonyl (C=O) groups excluding carboxylic acids is 2. The first-order valence-electron chi connectivity index (χ1n) is 6.62. The quantitative estimate of drug-likeness (QED) is 0.666. The molecule has 0 unspecified atom stereocenters. The van der Waals surface area contributed by atoms with Crippen molar-refractivity contribution in [2.45, 2.75) is 6.42 Å². The number of hydrogen-bond acceptors (Lipinski definition) is 4. The summed E-state index contributed by atoms with van der Waals surface area (Å²) in [4.78, 5) is 34.0. The molecule has 2 aromatic carbocycles. The maximum Gasteiger partial charge on any atom is 0.282 e. The number of anilines is 2. The Bertz CT molecular complexity index is 851. The summed E-state index contributed by atoms with van der Waals surface area (Å²) >= 11 is 5.81. The van der Waals surface area contributed by atoms with Crippen LogP contribution in [0, 0.1) is 10.1 Å². The molecule has 0 aromatic heterocycles. The van der Waals surface area contributed by atoms with Gasteiger partial charge in [0.15, 0.2) is 0 Å². The maximum atomic E-state index is 12.3. The third-order valence-electron chi connectivity index (χ3n) is 3.39. The van der Waals surface area contributed by atoms with Crippen molar-refractivity contribution in [2.75, 3.05) is 10.6 Å². The van der Waals surface area contributed by atoms with Crippen LogP contribution in [0.5, 0.6) is 0 Å². The lowest BCUT2D eigenvalue weighted by atomic mass is 10.1. The molecule has 2 N–H and O–H groups in total. The molecule has 0 atom stereocenters. The normalized spacial score (nSPS) is 12.5. The topological polar surface area (TPSA) is 101 Å². The molecule has 2 amide bonds. The van der Waals surface area contributed by atoms with Crippen LogP contribution in [0.4, 0.5) is 17.1 Å². The standard InChI is InChI=1S/C15H10ClN3O4/c16-9-1-4-13(19(22)23)11(7-9)15(21)17-10-2-3-12-8(5-10)6-14(20)18-12/h1-5,7H,6H2,(H,17,21)(H,18,20). The fraction of sp³-hybridized carbons (Fsp3) is 0.0667. The number of nitro benzene ring substituents is 1. The summed E-state index contributed by atoms with van der Waals surface area (Å²) < 4.78 is 0. The zero-order valence-corrected chi connectivity index (χ0v) is 12.4. The molecule has 0 saturated heterocycles. The monoisotopic (exact) mass is 331 g/mol. The van der Waals surface area contributed by atoms with Gasteiger partial charge in [-0.1, -0.05) is 11.6 Å². The van der Waals surface area contributed by atoms with Crippen molar-refractivity contribution >= 4 is 40.5 Å². The number of amides is 2. The Kier molecular flexibility index (Phi) is 3.71. The number of benzene rings is 2. The van der Waals surface area contributed by atoms with Gasteiger partial charge in [-0.3, -0.25) is 19.7 Å². The van der Waals surface area contributed by atoms with Gasteiger partial charge in [-0.25, -0.2) is 0 Å². The molecule has 3 rings (SSSR count). The Labute approximate surface area is 135 Å². The maximum absolute atomic E-state index is 12.3. The highest BCUT2D eigenvalue weighted by Gasteiger charge is 2.22. The largest absolute Gasteiger partial charge is 0.326 e. The van der Waals surface area contributed by atoms with Crippen LogP contribution in [0.3, 0.4) is 0 Å². The van der Waals surface area contributed by atoms with Gasteiger partial charge in [-0.15, -0.1) is 0 Å². The molecule has 0 bridgehead atoms. The smallest absolute Gasteiger partial charge is 0.282 e. The number of fused-ring (bicyclic) bond motifs is 1. The summed E-state index contributed by atoms with van der Waals surface area (Å²) in [5.41, 5.74) is 1.44. The molecule has 116 valence electrons. The second-order valence-electron chi connectivity index (χ2n) is 4.97. The predicted molar refractivity (Wildman–Crippen MR) is 84.8 cm³/mol. The molecule has 1 aliphatic heterocycles. The number of halogens is 1. The van der Waals surface area contributed by atoms with Crippen molar-refractivity contribution in [2.24, 2.45) is 0 Å². The van der Waals surface area contributed by atoms with Crippen molar-refractivity contribution < 1.29 is 14.5 Å². The first-order valence-corrected chi connectivity index (χ1v) is 7.00. The Hall–Kier alpha value is -2.93. The van der Waals surface area contributed by atoms with E-state index in [0.717, 1.165) is 5.56 Å². The van der Waals surface area contributed by atoms with Crippen molar-refractivity contribution in [3.8, 4) is 0 Å². The summed E-state index contributed by atoms with van der Waals surface area (Å²) in [5, 5.41) is 16.5. The van der Waals surface area contributed by atoms with Crippen LogP contribution in [-0.4, -0.2) is 16.7 Å². The molecular weight excluding hydrogens is 322 g/mol. The molecule has 0 spiro atoms. The fourth-order valence-electron chi connectivity index (χ4n) is 2.35. The van der Waals surface area contributed by atoms with Crippen LogP contribution in [-0.2, 0) is 11.2 Å². The molecule has 0 fully saturated rings. The molecular formula is C15H10ClN3O4. The molecule has 1 aliphatic rings. The molecule has 0 radical (unpaired) electrons. The van der Waals surface area contributed by atoms with E-state index in [4.69, 9.17) is 11.6 Å². The average Bonchev–Trinajstić information content (AvgIpc) is 2.86. The Morgan fingerprint density at radius 3 is 2.78 bits per heavy atom. The Balaban J connectivity index is 1.88. The Morgan fingerprint density at radius 2 is 2.04 bits per heavy atom. The molecule has 23 heavy (non-hydrogen) atoms. The zero-order valence-electron chi connectivity index (χ0n) is 11.6. The summed E-state index contributed by atoms with van der Waals surface area (Å²) in [7, 11) is 0. The summed E-state index contributed by atoms with van der Waals surface area (Å²) in [5.74, 6) is -0.759. The van der Waals surface area contributed by atoms with E-state index in [1.54, 1.807) is 18.2 Å². The van der Waals surface area contributed by atoms with Crippen molar-refractivity contribution in [1.29, 1.82) is 0 Å². The van der Waals surface area contributed by atoms with E-state index < -0.39 is 10.8 Å². The summed E-state index contributed by atoms with van der Waals surface area (Å²) in [6, 6.07) is 8.71. The summed E-state index contributed by atoms with van der Waals surface area (Å²) in [6.07, 6.45) is 0.232. The van der Waals surface area contributed by atoms with Crippen LogP contribution in [0.25, 0.3) is 0 Å². The predicted octanol–water partition coefficient (Wildman–Crippen LogP) is 3.00. The number of carbonyl (C=O) groups is 2. The van der Waals surface area contributed by atoms with Crippen LogP contribution in [0.1, 0.15) is 15.9 Å². The average molecular weight is 332 g/mol. The Morgan fingerprint density at radius 1 is 1.26 bits per heavy atom. The summed E-state index contributed by atoms with van der Waals surface area (Å²) in [6.45, 7) is 0. The van der Waals surface area contributed by atoms with Gasteiger partial charge in [0.2, 0.25) is 5.91 Å². The van der Waals surface area contributed by atoms with Crippen LogP contribution in [0.15, 0.2) is 36.4 Å². The van der Waals surface area contributed by atoms with Gasteiger partial charge in [0, 0.05) is 22.5 Å². The van der Waals surface area contributed by atoms with E-state index in [2.05, 4.69) is 10.6 Å². The van der Waals surface area contributed by atoms with Gasteiger partial charge >= 0.3 is 0 Å². The lowest BCUT2D eigenvalue weighted by Gasteiger charge is -2.08. The third-order valence-corrected chi connectivity index (χ3v) is 3.62. The fourth-order valence-corrected chi connectivity index (χ4v) is 2.53. The van der Waals surface area contributed by atoms with Crippen molar-refractivity contribution in [3.63, 3.8) is 0 Å². The van der Waals surface area contributed by atoms with E-state index in [9.17, 15) is 19.7 Å². The van der Waals surface area contributed by atoms with Gasteiger partial charge in [0.1, 0.15) is 5.56 Å². The minimum absolute atomic E-state index is 0.117. The molecule has 2 aromatic rings. The van der Waals surface area contributed by atoms with E-state index in [1.165, 1.54) is 18.2 Å². The van der Waals surface area contributed by atoms with Crippen molar-refractivity contribution in [1.82, 2.24) is 0 Å². The van der Waals surface area contributed by atoms with Crippen LogP contribution in [0.2, 0.25) is 5.02 Å². The van der Waals surface area contributed by atoms with Gasteiger partial charge < -0.3 is 10.6 Å². The highest BCUT2D eigenvalue weighted by atomic mass is 35.5. The first-order chi connectivity index (χ1) is 10.9. The van der Waals surface area contributed by atoms with Gasteiger partial charge in [-0.2, -0.15) is 0 Å². The third kappa shape index (κ3) is 3.00. The number of nitro groups is 1. The van der Waals surface area contributed by atoms with Gasteiger partial charge in [0.25, 0.3) is 11.6 Å². The van der Waals surface area contributed by atoms with Crippen molar-refractivity contribution in [3.05, 3.63) is 62.7 Å². The first kappa shape index (κ1) is 15.0. The number of rotatable bonds is 3. The highest BCUT2D eigenvalue weighted by Crippen LogP contribution is 2.27. The highest BCUT2D eigenvalue weighted by molar-refractivity contribution is 6.31. The van der Waals surface area contributed by atoms with E-state index in [-0.39, 0.29) is 28.6 Å². The van der Waals surface area contributed by atoms with E-state index in [0.29, 0.717) is 11.4 Å². The second-order valence-corrected chi connectivity index (χ2v) is 5.41. The number of hydrogen-bond donors (Lipinski definition) is 2. The van der Waals surface area contributed by atoms with Gasteiger partial charge in [-0.05, 0) is 35.9 Å². The van der Waals surface area contributed by atoms with Crippen LogP contribution < -0.4 is 10.6 Å². The molecule has 7 nitrogen and oxygen atoms in total. The second kappa shape index (κ2) is 5.69. The minimum Gasteiger partial charge on any atom is -0.326 e.